The van der Waals surface area contributed by atoms with E-state index in [1.165, 1.54) is 47.8 Å². The van der Waals surface area contributed by atoms with E-state index in [2.05, 4.69) is 4.99 Å². The normalized spacial score (nSPS) is 18.5. The maximum absolute atomic E-state index is 13.6. The van der Waals surface area contributed by atoms with E-state index in [9.17, 15) is 22.8 Å². The van der Waals surface area contributed by atoms with E-state index in [4.69, 9.17) is 0 Å². The van der Waals surface area contributed by atoms with Crippen molar-refractivity contribution in [3.63, 3.8) is 0 Å². The van der Waals surface area contributed by atoms with Crippen LogP contribution in [0.4, 0.5) is 30.2 Å². The van der Waals surface area contributed by atoms with Gasteiger partial charge in [0.1, 0.15) is 4.91 Å². The lowest BCUT2D eigenvalue weighted by Crippen LogP contribution is -2.29. The highest BCUT2D eigenvalue weighted by molar-refractivity contribution is 8.19. The number of amides is 2. The number of hydrogen-bond acceptors (Lipinski definition) is 6. The van der Waals surface area contributed by atoms with Gasteiger partial charge in [0, 0.05) is 17.6 Å². The number of anilines is 2. The topological polar surface area (TPSA) is 65.0 Å². The first-order chi connectivity index (χ1) is 17.7. The van der Waals surface area contributed by atoms with Crippen molar-refractivity contribution in [3.8, 4) is 0 Å². The number of fused-ring (bicyclic) bond motifs is 1. The van der Waals surface area contributed by atoms with Crippen molar-refractivity contribution in [3.05, 3.63) is 94.4 Å². The van der Waals surface area contributed by atoms with E-state index in [0.717, 1.165) is 21.2 Å². The maximum Gasteiger partial charge on any atom is 0.471 e. The Kier molecular flexibility index (Phi) is 6.74. The molecule has 2 aliphatic heterocycles. The molecule has 3 aromatic rings. The molecule has 0 radical (unpaired) electrons. The van der Waals surface area contributed by atoms with Crippen LogP contribution in [-0.2, 0) is 16.1 Å². The fourth-order valence-corrected chi connectivity index (χ4v) is 6.10. The van der Waals surface area contributed by atoms with Crippen LogP contribution in [0.5, 0.6) is 0 Å². The fraction of sp³-hybridized carbons (Fsp3) is 0.115. The fourth-order valence-electron chi connectivity index (χ4n) is 3.76. The summed E-state index contributed by atoms with van der Waals surface area (Å²) in [4.78, 5) is 34.7. The summed E-state index contributed by atoms with van der Waals surface area (Å²) in [5.41, 5.74) is 2.36. The van der Waals surface area contributed by atoms with Gasteiger partial charge in [0.05, 0.1) is 22.9 Å². The molecule has 37 heavy (non-hydrogen) atoms. The Morgan fingerprint density at radius 1 is 0.946 bits per heavy atom. The van der Waals surface area contributed by atoms with Gasteiger partial charge >= 0.3 is 12.1 Å². The van der Waals surface area contributed by atoms with Gasteiger partial charge in [0.25, 0.3) is 5.91 Å². The van der Waals surface area contributed by atoms with E-state index in [-0.39, 0.29) is 11.6 Å². The number of carbonyl (C=O) groups excluding carboxylic acids is 2. The molecule has 0 bridgehead atoms. The number of nitrogens with one attached hydrogen (secondary N) is 1. The molecule has 1 fully saturated rings. The van der Waals surface area contributed by atoms with Crippen molar-refractivity contribution in [2.45, 2.75) is 17.6 Å². The molecule has 2 aliphatic rings. The van der Waals surface area contributed by atoms with Gasteiger partial charge in [-0.05, 0) is 53.7 Å². The highest BCUT2D eigenvalue weighted by atomic mass is 32.2. The van der Waals surface area contributed by atoms with Crippen LogP contribution in [0.2, 0.25) is 0 Å². The standard InChI is InChI=1S/C26H19F3N4O2S2/c1-32-19-9-5-6-10-20(19)36-23(32)21-22(34)33(15-16-7-3-2-4-8-16)25(37-21)31-18-13-11-17(12-14-18)30-24(35)26(27,28)29/h2-14H,15H2,1H3,(H,30,35)/b23-21-,31-25?. The third-order valence-corrected chi connectivity index (χ3v) is 8.02. The zero-order valence-electron chi connectivity index (χ0n) is 19.3. The number of para-hydroxylation sites is 1. The molecule has 2 amide bonds. The predicted octanol–water partition coefficient (Wildman–Crippen LogP) is 6.36. The number of benzene rings is 3. The van der Waals surface area contributed by atoms with Crippen molar-refractivity contribution in [1.29, 1.82) is 0 Å². The summed E-state index contributed by atoms with van der Waals surface area (Å²) in [6, 6.07) is 23.1. The van der Waals surface area contributed by atoms with Gasteiger partial charge in [-0.1, -0.05) is 54.2 Å². The molecule has 0 spiro atoms. The summed E-state index contributed by atoms with van der Waals surface area (Å²) < 4.78 is 37.6. The maximum atomic E-state index is 13.6. The molecule has 188 valence electrons. The summed E-state index contributed by atoms with van der Waals surface area (Å²) in [5.74, 6) is -2.23. The van der Waals surface area contributed by atoms with Gasteiger partial charge in [0.2, 0.25) is 0 Å². The van der Waals surface area contributed by atoms with Crippen molar-refractivity contribution < 1.29 is 22.8 Å². The van der Waals surface area contributed by atoms with Crippen LogP contribution in [0.3, 0.4) is 0 Å². The van der Waals surface area contributed by atoms with E-state index in [1.54, 1.807) is 4.90 Å². The molecule has 0 saturated carbocycles. The first kappa shape index (κ1) is 25.0. The molecule has 11 heteroatoms. The van der Waals surface area contributed by atoms with Crippen LogP contribution in [0.1, 0.15) is 5.56 Å². The summed E-state index contributed by atoms with van der Waals surface area (Å²) in [6.07, 6.45) is -4.98. The molecule has 2 heterocycles. The largest absolute Gasteiger partial charge is 0.471 e. The third kappa shape index (κ3) is 5.23. The van der Waals surface area contributed by atoms with Crippen LogP contribution in [0, 0.1) is 0 Å². The second kappa shape index (κ2) is 9.98. The number of rotatable bonds is 4. The highest BCUT2D eigenvalue weighted by Gasteiger charge is 2.40. The summed E-state index contributed by atoms with van der Waals surface area (Å²) >= 11 is 2.78. The number of amidine groups is 1. The van der Waals surface area contributed by atoms with Crippen molar-refractivity contribution >= 4 is 57.6 Å². The first-order valence-electron chi connectivity index (χ1n) is 11.1. The van der Waals surface area contributed by atoms with Gasteiger partial charge in [-0.25, -0.2) is 4.99 Å². The first-order valence-corrected chi connectivity index (χ1v) is 12.7. The van der Waals surface area contributed by atoms with Gasteiger partial charge < -0.3 is 10.2 Å². The molecule has 0 aliphatic carbocycles. The predicted molar refractivity (Wildman–Crippen MR) is 141 cm³/mol. The van der Waals surface area contributed by atoms with Gasteiger partial charge in [-0.3, -0.25) is 14.5 Å². The Bertz CT molecular complexity index is 1420. The zero-order valence-corrected chi connectivity index (χ0v) is 21.0. The third-order valence-electron chi connectivity index (χ3n) is 5.59. The van der Waals surface area contributed by atoms with E-state index in [1.807, 2.05) is 71.9 Å². The lowest BCUT2D eigenvalue weighted by atomic mass is 10.2. The SMILES string of the molecule is CN1/C(=C2/SC(=Nc3ccc(NC(=O)C(F)(F)F)cc3)N(Cc3ccccc3)C2=O)Sc2ccccc21. The number of nitrogens with zero attached hydrogens (tertiary/aromatic N) is 3. The van der Waals surface area contributed by atoms with E-state index in [0.29, 0.717) is 22.3 Å². The molecule has 3 aromatic carbocycles. The Labute approximate surface area is 219 Å². The van der Waals surface area contributed by atoms with Crippen LogP contribution in [0.25, 0.3) is 0 Å². The van der Waals surface area contributed by atoms with Crippen LogP contribution >= 0.6 is 23.5 Å². The summed E-state index contributed by atoms with van der Waals surface area (Å²) in [6.45, 7) is 0.309. The second-order valence-corrected chi connectivity index (χ2v) is 10.1. The average Bonchev–Trinajstić information content (AvgIpc) is 3.37. The molecule has 0 aromatic heterocycles. The number of alkyl halides is 3. The van der Waals surface area contributed by atoms with Crippen molar-refractivity contribution in [2.24, 2.45) is 4.99 Å². The second-order valence-electron chi connectivity index (χ2n) is 8.14. The number of halogens is 3. The van der Waals surface area contributed by atoms with Crippen molar-refractivity contribution in [2.75, 3.05) is 17.3 Å². The van der Waals surface area contributed by atoms with Crippen LogP contribution in [-0.4, -0.2) is 35.1 Å². The lowest BCUT2D eigenvalue weighted by Gasteiger charge is -2.17. The molecule has 0 unspecified atom stereocenters. The minimum absolute atomic E-state index is 0.00730. The highest BCUT2D eigenvalue weighted by Crippen LogP contribution is 2.50. The van der Waals surface area contributed by atoms with E-state index >= 15 is 0 Å². The van der Waals surface area contributed by atoms with E-state index < -0.39 is 12.1 Å². The van der Waals surface area contributed by atoms with Gasteiger partial charge in [-0.15, -0.1) is 0 Å². The van der Waals surface area contributed by atoms with Crippen LogP contribution in [0.15, 0.2) is 98.7 Å². The number of aliphatic imine (C=N–C) groups is 1. The van der Waals surface area contributed by atoms with Crippen LogP contribution < -0.4 is 10.2 Å². The summed E-state index contributed by atoms with van der Waals surface area (Å²) in [7, 11) is 1.92. The Morgan fingerprint density at radius 3 is 2.30 bits per heavy atom. The Morgan fingerprint density at radius 2 is 1.62 bits per heavy atom. The smallest absolute Gasteiger partial charge is 0.337 e. The zero-order chi connectivity index (χ0) is 26.2. The minimum atomic E-state index is -4.98. The summed E-state index contributed by atoms with van der Waals surface area (Å²) in [5, 5.41) is 3.07. The molecule has 0 atom stereocenters. The van der Waals surface area contributed by atoms with Crippen molar-refractivity contribution in [1.82, 2.24) is 4.90 Å². The molecular weight excluding hydrogens is 521 g/mol. The molecule has 1 saturated heterocycles. The van der Waals surface area contributed by atoms with Gasteiger partial charge in [0.15, 0.2) is 5.17 Å². The molecule has 1 N–H and O–H groups in total. The molecule has 6 nitrogen and oxygen atoms in total. The lowest BCUT2D eigenvalue weighted by molar-refractivity contribution is -0.167. The number of hydrogen-bond donors (Lipinski definition) is 1. The molecule has 5 rings (SSSR count). The molecular formula is C26H19F3N4O2S2. The monoisotopic (exact) mass is 540 g/mol. The average molecular weight is 541 g/mol. The quantitative estimate of drug-likeness (QED) is 0.390. The van der Waals surface area contributed by atoms with Gasteiger partial charge in [-0.2, -0.15) is 13.2 Å². The number of carbonyl (C=O) groups is 2. The number of thioether (sulfide) groups is 2. The minimum Gasteiger partial charge on any atom is -0.337 e. The Balaban J connectivity index is 1.46. The Hall–Kier alpha value is -3.70.